The summed E-state index contributed by atoms with van der Waals surface area (Å²) in [6, 6.07) is 10.2. The number of hydrogen-bond donors (Lipinski definition) is 1. The summed E-state index contributed by atoms with van der Waals surface area (Å²) in [7, 11) is 0. The van der Waals surface area contributed by atoms with E-state index in [0.29, 0.717) is 19.3 Å². The number of aryl methyl sites for hydroxylation is 1. The highest BCUT2D eigenvalue weighted by atomic mass is 16.6. The molecule has 0 fully saturated rings. The van der Waals surface area contributed by atoms with Crippen molar-refractivity contribution in [1.29, 1.82) is 0 Å². The van der Waals surface area contributed by atoms with Crippen LogP contribution in [0.3, 0.4) is 0 Å². The number of rotatable bonds is 12. The van der Waals surface area contributed by atoms with E-state index in [4.69, 9.17) is 4.74 Å². The van der Waals surface area contributed by atoms with E-state index in [9.17, 15) is 14.7 Å². The summed E-state index contributed by atoms with van der Waals surface area (Å²) in [5.74, 6) is 0.192. The molecule has 1 unspecified atom stereocenters. The summed E-state index contributed by atoms with van der Waals surface area (Å²) >= 11 is 0. The van der Waals surface area contributed by atoms with Crippen LogP contribution in [0.1, 0.15) is 71.3 Å². The lowest BCUT2D eigenvalue weighted by Gasteiger charge is -2.19. The topological polar surface area (TPSA) is 63.6 Å². The van der Waals surface area contributed by atoms with Crippen LogP contribution in [-0.2, 0) is 20.7 Å². The fourth-order valence-electron chi connectivity index (χ4n) is 3.90. The fourth-order valence-corrected chi connectivity index (χ4v) is 3.90. The van der Waals surface area contributed by atoms with Crippen LogP contribution in [0.15, 0.2) is 54.6 Å². The van der Waals surface area contributed by atoms with Crippen LogP contribution in [0, 0.1) is 11.8 Å². The Balaban J connectivity index is 1.65. The SMILES string of the molecule is CC(C)(C)OC(=O)CCC/C=C\C[C@H]1C(=O)C=CC1CC[C@@H](O)CCc1ccccc1. The lowest BCUT2D eigenvalue weighted by atomic mass is 9.86. The summed E-state index contributed by atoms with van der Waals surface area (Å²) in [6.07, 6.45) is 13.3. The van der Waals surface area contributed by atoms with E-state index >= 15 is 0 Å². The summed E-state index contributed by atoms with van der Waals surface area (Å²) in [5, 5.41) is 10.4. The first-order valence-corrected chi connectivity index (χ1v) is 11.6. The van der Waals surface area contributed by atoms with Gasteiger partial charge in [0.2, 0.25) is 0 Å². The van der Waals surface area contributed by atoms with Crippen LogP contribution in [0.2, 0.25) is 0 Å². The molecule has 31 heavy (non-hydrogen) atoms. The molecule has 2 rings (SSSR count). The van der Waals surface area contributed by atoms with Crippen molar-refractivity contribution < 1.29 is 19.4 Å². The van der Waals surface area contributed by atoms with E-state index in [0.717, 1.165) is 32.1 Å². The minimum Gasteiger partial charge on any atom is -0.460 e. The molecule has 1 aromatic carbocycles. The summed E-state index contributed by atoms with van der Waals surface area (Å²) in [5.41, 5.74) is 0.805. The van der Waals surface area contributed by atoms with E-state index in [2.05, 4.69) is 24.3 Å². The van der Waals surface area contributed by atoms with Crippen LogP contribution in [0.4, 0.5) is 0 Å². The van der Waals surface area contributed by atoms with Gasteiger partial charge < -0.3 is 9.84 Å². The minimum atomic E-state index is -0.438. The van der Waals surface area contributed by atoms with Gasteiger partial charge in [-0.15, -0.1) is 0 Å². The van der Waals surface area contributed by atoms with Gasteiger partial charge in [0.1, 0.15) is 5.60 Å². The van der Waals surface area contributed by atoms with Gasteiger partial charge in [-0.05, 0) is 83.3 Å². The van der Waals surface area contributed by atoms with Gasteiger partial charge in [0, 0.05) is 12.3 Å². The number of ether oxygens (including phenoxy) is 1. The molecule has 170 valence electrons. The van der Waals surface area contributed by atoms with E-state index in [1.807, 2.05) is 45.0 Å². The molecule has 4 heteroatoms. The Kier molecular flexibility index (Phi) is 10.2. The van der Waals surface area contributed by atoms with E-state index < -0.39 is 5.60 Å². The van der Waals surface area contributed by atoms with Gasteiger partial charge in [-0.1, -0.05) is 48.6 Å². The summed E-state index contributed by atoms with van der Waals surface area (Å²) in [4.78, 5) is 24.0. The van der Waals surface area contributed by atoms with Crippen molar-refractivity contribution in [3.05, 3.63) is 60.2 Å². The molecule has 1 aliphatic carbocycles. The number of esters is 1. The summed E-state index contributed by atoms with van der Waals surface area (Å²) < 4.78 is 5.31. The number of unbranched alkanes of at least 4 members (excludes halogenated alkanes) is 1. The second-order valence-electron chi connectivity index (χ2n) is 9.47. The zero-order valence-corrected chi connectivity index (χ0v) is 19.3. The monoisotopic (exact) mass is 426 g/mol. The lowest BCUT2D eigenvalue weighted by Crippen LogP contribution is -2.23. The molecule has 0 saturated heterocycles. The fraction of sp³-hybridized carbons (Fsp3) is 0.556. The van der Waals surface area contributed by atoms with Gasteiger partial charge in [0.15, 0.2) is 5.78 Å². The number of ketones is 1. The normalized spacial score (nSPS) is 19.8. The third-order valence-corrected chi connectivity index (χ3v) is 5.56. The first-order chi connectivity index (χ1) is 14.7. The average molecular weight is 427 g/mol. The maximum atomic E-state index is 12.2. The van der Waals surface area contributed by atoms with Gasteiger partial charge in [-0.3, -0.25) is 9.59 Å². The molecule has 0 aliphatic heterocycles. The maximum Gasteiger partial charge on any atom is 0.306 e. The molecule has 0 bridgehead atoms. The molecule has 1 aliphatic rings. The molecule has 0 spiro atoms. The van der Waals surface area contributed by atoms with E-state index in [-0.39, 0.29) is 29.7 Å². The zero-order valence-electron chi connectivity index (χ0n) is 19.3. The van der Waals surface area contributed by atoms with Crippen LogP contribution in [0.5, 0.6) is 0 Å². The first-order valence-electron chi connectivity index (χ1n) is 11.6. The third kappa shape index (κ3) is 10.1. The number of allylic oxidation sites excluding steroid dienone is 4. The number of aliphatic hydroxyl groups excluding tert-OH is 1. The number of carbonyl (C=O) groups is 2. The molecule has 0 radical (unpaired) electrons. The van der Waals surface area contributed by atoms with Crippen molar-refractivity contribution in [2.45, 2.75) is 83.8 Å². The lowest BCUT2D eigenvalue weighted by molar-refractivity contribution is -0.154. The Hall–Kier alpha value is -2.20. The first kappa shape index (κ1) is 25.1. The Morgan fingerprint density at radius 3 is 2.61 bits per heavy atom. The molecule has 1 N–H and O–H groups in total. The number of carbonyl (C=O) groups excluding carboxylic acids is 2. The van der Waals surface area contributed by atoms with Gasteiger partial charge in [0.05, 0.1) is 6.10 Å². The maximum absolute atomic E-state index is 12.2. The molecule has 0 heterocycles. The third-order valence-electron chi connectivity index (χ3n) is 5.56. The van der Waals surface area contributed by atoms with Crippen LogP contribution < -0.4 is 0 Å². The zero-order chi connectivity index (χ0) is 22.7. The van der Waals surface area contributed by atoms with Crippen molar-refractivity contribution in [3.63, 3.8) is 0 Å². The molecule has 3 atom stereocenters. The Labute approximate surface area is 187 Å². The number of hydrogen-bond acceptors (Lipinski definition) is 4. The van der Waals surface area contributed by atoms with Gasteiger partial charge in [0.25, 0.3) is 0 Å². The van der Waals surface area contributed by atoms with Gasteiger partial charge >= 0.3 is 5.97 Å². The second kappa shape index (κ2) is 12.6. The van der Waals surface area contributed by atoms with Crippen LogP contribution >= 0.6 is 0 Å². The van der Waals surface area contributed by atoms with E-state index in [1.165, 1.54) is 5.56 Å². The van der Waals surface area contributed by atoms with Crippen molar-refractivity contribution >= 4 is 11.8 Å². The molecule has 0 saturated carbocycles. The Morgan fingerprint density at radius 1 is 1.16 bits per heavy atom. The Bertz CT molecular complexity index is 742. The molecular weight excluding hydrogens is 388 g/mol. The van der Waals surface area contributed by atoms with Crippen LogP contribution in [0.25, 0.3) is 0 Å². The van der Waals surface area contributed by atoms with Crippen LogP contribution in [-0.4, -0.2) is 28.6 Å². The quantitative estimate of drug-likeness (QED) is 0.269. The number of aliphatic hydroxyl groups is 1. The van der Waals surface area contributed by atoms with Crippen molar-refractivity contribution in [3.8, 4) is 0 Å². The van der Waals surface area contributed by atoms with Gasteiger partial charge in [-0.2, -0.15) is 0 Å². The van der Waals surface area contributed by atoms with Crippen molar-refractivity contribution in [2.24, 2.45) is 11.8 Å². The van der Waals surface area contributed by atoms with E-state index in [1.54, 1.807) is 6.08 Å². The average Bonchev–Trinajstić information content (AvgIpc) is 3.06. The Morgan fingerprint density at radius 2 is 1.90 bits per heavy atom. The van der Waals surface area contributed by atoms with Crippen molar-refractivity contribution in [1.82, 2.24) is 0 Å². The highest BCUT2D eigenvalue weighted by molar-refractivity contribution is 5.94. The molecule has 1 aromatic rings. The summed E-state index contributed by atoms with van der Waals surface area (Å²) in [6.45, 7) is 5.61. The molecule has 4 nitrogen and oxygen atoms in total. The molecule has 0 amide bonds. The molecular formula is C27H38O4. The minimum absolute atomic E-state index is 0.0246. The standard InChI is InChI=1S/C27H38O4/c1-27(2,3)31-26(30)14-10-5-4-9-13-24-22(17-20-25(24)29)16-19-23(28)18-15-21-11-7-6-8-12-21/h4,6-9,11-12,17,20,22-24,28H,5,10,13-16,18-19H2,1-3H3/b9-4-/t22?,23-,24+/m0/s1. The molecule has 0 aromatic heterocycles. The predicted molar refractivity (Wildman–Crippen MR) is 125 cm³/mol. The largest absolute Gasteiger partial charge is 0.460 e. The smallest absolute Gasteiger partial charge is 0.306 e. The highest BCUT2D eigenvalue weighted by Crippen LogP contribution is 2.30. The number of benzene rings is 1. The van der Waals surface area contributed by atoms with Gasteiger partial charge in [-0.25, -0.2) is 0 Å². The van der Waals surface area contributed by atoms with Crippen molar-refractivity contribution in [2.75, 3.05) is 0 Å². The highest BCUT2D eigenvalue weighted by Gasteiger charge is 2.29. The second-order valence-corrected chi connectivity index (χ2v) is 9.47. The predicted octanol–water partition coefficient (Wildman–Crippen LogP) is 5.59.